The number of carbonyl (C=O) groups is 1. The zero-order valence-corrected chi connectivity index (χ0v) is 13.1. The monoisotopic (exact) mass is 318 g/mol. The topological polar surface area (TPSA) is 97.0 Å². The number of thiocarbonyl (C=S) groups is 1. The normalized spacial score (nSPS) is 11.5. The maximum absolute atomic E-state index is 12.0. The van der Waals surface area contributed by atoms with E-state index in [9.17, 15) is 4.79 Å². The molecule has 2 aromatic rings. The molecule has 0 aliphatic rings. The molecule has 2 rings (SSSR count). The molecule has 1 amide bonds. The maximum atomic E-state index is 12.0. The lowest BCUT2D eigenvalue weighted by Gasteiger charge is -2.17. The first kappa shape index (κ1) is 15.8. The van der Waals surface area contributed by atoms with Gasteiger partial charge >= 0.3 is 0 Å². The smallest absolute Gasteiger partial charge is 0.290 e. The van der Waals surface area contributed by atoms with Gasteiger partial charge in [-0.3, -0.25) is 20.3 Å². The average Bonchev–Trinajstić information content (AvgIpc) is 2.85. The van der Waals surface area contributed by atoms with Gasteiger partial charge < -0.3 is 11.1 Å². The molecule has 0 aliphatic heterocycles. The summed E-state index contributed by atoms with van der Waals surface area (Å²) in [6.45, 7) is 1.98. The molecule has 0 aliphatic carbocycles. The van der Waals surface area contributed by atoms with Crippen molar-refractivity contribution in [3.8, 4) is 0 Å². The number of anilines is 1. The van der Waals surface area contributed by atoms with Crippen molar-refractivity contribution < 1.29 is 4.79 Å². The van der Waals surface area contributed by atoms with Crippen molar-refractivity contribution in [2.45, 2.75) is 13.0 Å². The fraction of sp³-hybridized carbons (Fsp3) is 0.214. The second-order valence-corrected chi connectivity index (χ2v) is 5.17. The number of nitrogens with two attached hydrogens (primary N) is 1. The van der Waals surface area contributed by atoms with E-state index in [1.807, 2.05) is 37.3 Å². The molecule has 0 saturated carbocycles. The molecule has 7 nitrogen and oxygen atoms in total. The van der Waals surface area contributed by atoms with Crippen LogP contribution in [-0.2, 0) is 7.05 Å². The standard InChI is InChI=1S/C14H18N6OS/c1-9(10-6-4-3-5-7-10)17-14(22)19-18-13(21)12-11(15)8-16-20(12)2/h3-9H,15H2,1-2H3,(H,18,21)(H2,17,19,22)/t9-/m1/s1. The molecule has 8 heteroatoms. The van der Waals surface area contributed by atoms with Crippen LogP contribution in [0.25, 0.3) is 0 Å². The van der Waals surface area contributed by atoms with Crippen LogP contribution >= 0.6 is 12.2 Å². The summed E-state index contributed by atoms with van der Waals surface area (Å²) in [6, 6.07) is 9.86. The van der Waals surface area contributed by atoms with Crippen molar-refractivity contribution >= 4 is 28.9 Å². The second kappa shape index (κ2) is 6.90. The molecule has 0 saturated heterocycles. The summed E-state index contributed by atoms with van der Waals surface area (Å²) in [5.41, 5.74) is 12.5. The summed E-state index contributed by atoms with van der Waals surface area (Å²) in [4.78, 5) is 12.0. The van der Waals surface area contributed by atoms with E-state index in [4.69, 9.17) is 18.0 Å². The SMILES string of the molecule is C[C@@H](NC(=S)NNC(=O)c1c(N)cnn1C)c1ccccc1. The van der Waals surface area contributed by atoms with E-state index < -0.39 is 5.91 Å². The predicted octanol–water partition coefficient (Wildman–Crippen LogP) is 0.872. The Labute approximate surface area is 133 Å². The van der Waals surface area contributed by atoms with E-state index in [0.717, 1.165) is 5.56 Å². The highest BCUT2D eigenvalue weighted by atomic mass is 32.1. The third kappa shape index (κ3) is 3.73. The van der Waals surface area contributed by atoms with E-state index in [2.05, 4.69) is 21.3 Å². The molecular weight excluding hydrogens is 300 g/mol. The first-order chi connectivity index (χ1) is 10.5. The van der Waals surface area contributed by atoms with Crippen LogP contribution in [0.1, 0.15) is 29.0 Å². The van der Waals surface area contributed by atoms with Crippen molar-refractivity contribution in [3.63, 3.8) is 0 Å². The Morgan fingerprint density at radius 2 is 2.00 bits per heavy atom. The minimum Gasteiger partial charge on any atom is -0.396 e. The zero-order valence-electron chi connectivity index (χ0n) is 12.3. The van der Waals surface area contributed by atoms with Crippen LogP contribution in [-0.4, -0.2) is 20.8 Å². The molecule has 22 heavy (non-hydrogen) atoms. The van der Waals surface area contributed by atoms with Gasteiger partial charge in [-0.15, -0.1) is 0 Å². The van der Waals surface area contributed by atoms with Crippen LogP contribution in [0.3, 0.4) is 0 Å². The van der Waals surface area contributed by atoms with Gasteiger partial charge in [0.25, 0.3) is 5.91 Å². The van der Waals surface area contributed by atoms with Gasteiger partial charge in [0.2, 0.25) is 0 Å². The highest BCUT2D eigenvalue weighted by Gasteiger charge is 2.15. The van der Waals surface area contributed by atoms with Crippen LogP contribution in [0.5, 0.6) is 0 Å². The average molecular weight is 318 g/mol. The molecule has 0 unspecified atom stereocenters. The van der Waals surface area contributed by atoms with Gasteiger partial charge in [0.05, 0.1) is 17.9 Å². The molecule has 0 radical (unpaired) electrons. The molecular formula is C14H18N6OS. The van der Waals surface area contributed by atoms with Crippen molar-refractivity contribution in [1.82, 2.24) is 25.9 Å². The Balaban J connectivity index is 1.87. The van der Waals surface area contributed by atoms with Crippen molar-refractivity contribution in [2.75, 3.05) is 5.73 Å². The fourth-order valence-electron chi connectivity index (χ4n) is 1.96. The minimum absolute atomic E-state index is 0.0138. The Hall–Kier alpha value is -2.61. The highest BCUT2D eigenvalue weighted by Crippen LogP contribution is 2.10. The fourth-order valence-corrected chi connectivity index (χ4v) is 2.19. The van der Waals surface area contributed by atoms with Gasteiger partial charge in [0.1, 0.15) is 0 Å². The first-order valence-corrected chi connectivity index (χ1v) is 7.09. The molecule has 116 valence electrons. The van der Waals surface area contributed by atoms with Crippen LogP contribution in [0.15, 0.2) is 36.5 Å². The van der Waals surface area contributed by atoms with Crippen LogP contribution in [0.4, 0.5) is 5.69 Å². The van der Waals surface area contributed by atoms with Gasteiger partial charge in [-0.05, 0) is 24.7 Å². The van der Waals surface area contributed by atoms with Crippen molar-refractivity contribution in [2.24, 2.45) is 7.05 Å². The van der Waals surface area contributed by atoms with Crippen LogP contribution in [0, 0.1) is 0 Å². The van der Waals surface area contributed by atoms with Gasteiger partial charge in [-0.2, -0.15) is 5.10 Å². The van der Waals surface area contributed by atoms with E-state index >= 15 is 0 Å². The summed E-state index contributed by atoms with van der Waals surface area (Å²) in [5.74, 6) is -0.408. The third-order valence-corrected chi connectivity index (χ3v) is 3.34. The molecule has 5 N–H and O–H groups in total. The highest BCUT2D eigenvalue weighted by molar-refractivity contribution is 7.80. The van der Waals surface area contributed by atoms with E-state index in [1.54, 1.807) is 7.05 Å². The number of aromatic nitrogens is 2. The number of hydrogen-bond donors (Lipinski definition) is 4. The number of amides is 1. The van der Waals surface area contributed by atoms with Gasteiger partial charge in [0, 0.05) is 7.05 Å². The van der Waals surface area contributed by atoms with Crippen LogP contribution < -0.4 is 21.9 Å². The quantitative estimate of drug-likeness (QED) is 0.495. The largest absolute Gasteiger partial charge is 0.396 e. The Morgan fingerprint density at radius 1 is 1.32 bits per heavy atom. The summed E-state index contributed by atoms with van der Waals surface area (Å²) in [6.07, 6.45) is 1.42. The summed E-state index contributed by atoms with van der Waals surface area (Å²) in [7, 11) is 1.64. The molecule has 1 heterocycles. The maximum Gasteiger partial charge on any atom is 0.290 e. The predicted molar refractivity (Wildman–Crippen MR) is 88.8 cm³/mol. The lowest BCUT2D eigenvalue weighted by atomic mass is 10.1. The number of hydrazine groups is 1. The number of nitrogens with zero attached hydrogens (tertiary/aromatic N) is 2. The molecule has 0 spiro atoms. The Kier molecular flexibility index (Phi) is 4.95. The molecule has 1 atom stereocenters. The van der Waals surface area contributed by atoms with Gasteiger partial charge in [-0.25, -0.2) is 0 Å². The number of rotatable bonds is 3. The van der Waals surface area contributed by atoms with Gasteiger partial charge in [0.15, 0.2) is 10.8 Å². The Bertz CT molecular complexity index is 650. The van der Waals surface area contributed by atoms with E-state index in [-0.39, 0.29) is 11.7 Å². The van der Waals surface area contributed by atoms with Crippen molar-refractivity contribution in [1.29, 1.82) is 0 Å². The first-order valence-electron chi connectivity index (χ1n) is 6.68. The molecule has 0 bridgehead atoms. The Morgan fingerprint density at radius 3 is 2.59 bits per heavy atom. The molecule has 1 aromatic carbocycles. The number of benzene rings is 1. The summed E-state index contributed by atoms with van der Waals surface area (Å²) >= 11 is 5.15. The lowest BCUT2D eigenvalue weighted by molar-refractivity contribution is 0.0935. The zero-order chi connectivity index (χ0) is 16.1. The van der Waals surface area contributed by atoms with Crippen LogP contribution in [0.2, 0.25) is 0 Å². The van der Waals surface area contributed by atoms with Crippen molar-refractivity contribution in [3.05, 3.63) is 47.8 Å². The van der Waals surface area contributed by atoms with E-state index in [0.29, 0.717) is 10.8 Å². The minimum atomic E-state index is -0.408. The number of nitrogen functional groups attached to an aromatic ring is 1. The molecule has 1 aromatic heterocycles. The van der Waals surface area contributed by atoms with E-state index in [1.165, 1.54) is 10.9 Å². The number of carbonyl (C=O) groups excluding carboxylic acids is 1. The number of aryl methyl sites for hydroxylation is 1. The lowest BCUT2D eigenvalue weighted by Crippen LogP contribution is -2.47. The number of hydrogen-bond acceptors (Lipinski definition) is 4. The molecule has 0 fully saturated rings. The summed E-state index contributed by atoms with van der Waals surface area (Å²) in [5, 5.41) is 7.30. The van der Waals surface area contributed by atoms with Gasteiger partial charge in [-0.1, -0.05) is 30.3 Å². The number of nitrogens with one attached hydrogen (secondary N) is 3. The second-order valence-electron chi connectivity index (χ2n) is 4.76. The summed E-state index contributed by atoms with van der Waals surface area (Å²) < 4.78 is 1.40. The third-order valence-electron chi connectivity index (χ3n) is 3.12.